The molecule has 0 saturated carbocycles. The lowest BCUT2D eigenvalue weighted by molar-refractivity contribution is -0.116. The number of carbonyl (C=O) groups excluding carboxylic acids is 2. The Bertz CT molecular complexity index is 686. The maximum Gasteiger partial charge on any atom is 0.409 e. The van der Waals surface area contributed by atoms with Crippen LogP contribution in [0.25, 0.3) is 11.3 Å². The minimum absolute atomic E-state index is 0.169. The normalized spacial score (nSPS) is 10.1. The number of methoxy groups -OCH3 is 1. The number of benzene rings is 1. The summed E-state index contributed by atoms with van der Waals surface area (Å²) >= 11 is 0. The fourth-order valence-corrected chi connectivity index (χ4v) is 1.73. The molecule has 0 aliphatic carbocycles. The molecule has 22 heavy (non-hydrogen) atoms. The molecule has 0 radical (unpaired) electrons. The minimum atomic E-state index is -0.629. The second-order valence-corrected chi connectivity index (χ2v) is 4.46. The topological polar surface area (TPSA) is 84.7 Å². The smallest absolute Gasteiger partial charge is 0.409 e. The van der Waals surface area contributed by atoms with E-state index >= 15 is 0 Å². The number of anilines is 1. The Labute approximate surface area is 125 Å². The lowest BCUT2D eigenvalue weighted by atomic mass is 10.2. The number of ether oxygens (including phenoxy) is 1. The van der Waals surface area contributed by atoms with Crippen molar-refractivity contribution >= 4 is 17.8 Å². The third-order valence-corrected chi connectivity index (χ3v) is 2.75. The maximum atomic E-state index is 13.1. The third kappa shape index (κ3) is 3.81. The highest BCUT2D eigenvalue weighted by atomic mass is 19.1. The number of rotatable bonds is 4. The van der Waals surface area contributed by atoms with E-state index in [0.717, 1.165) is 4.90 Å². The van der Waals surface area contributed by atoms with Crippen molar-refractivity contribution in [1.29, 1.82) is 0 Å². The first-order valence-corrected chi connectivity index (χ1v) is 6.31. The van der Waals surface area contributed by atoms with E-state index in [-0.39, 0.29) is 12.4 Å². The average Bonchev–Trinajstić information content (AvgIpc) is 2.94. The van der Waals surface area contributed by atoms with Gasteiger partial charge in [0.2, 0.25) is 5.91 Å². The number of amides is 2. The van der Waals surface area contributed by atoms with E-state index in [0.29, 0.717) is 11.3 Å². The van der Waals surface area contributed by atoms with Gasteiger partial charge in [0.25, 0.3) is 0 Å². The quantitative estimate of drug-likeness (QED) is 0.935. The van der Waals surface area contributed by atoms with Gasteiger partial charge in [0, 0.05) is 18.7 Å². The first-order chi connectivity index (χ1) is 10.5. The first-order valence-electron chi connectivity index (χ1n) is 6.31. The molecule has 116 valence electrons. The summed E-state index contributed by atoms with van der Waals surface area (Å²) in [7, 11) is 2.64. The van der Waals surface area contributed by atoms with Gasteiger partial charge < -0.3 is 19.5 Å². The molecule has 0 bridgehead atoms. The highest BCUT2D eigenvalue weighted by Gasteiger charge is 2.15. The molecule has 0 atom stereocenters. The molecule has 0 aliphatic heterocycles. The molecule has 1 N–H and O–H groups in total. The van der Waals surface area contributed by atoms with Crippen molar-refractivity contribution in [3.63, 3.8) is 0 Å². The fraction of sp³-hybridized carbons (Fsp3) is 0.214. The summed E-state index contributed by atoms with van der Waals surface area (Å²) in [5, 5.41) is 6.14. The highest BCUT2D eigenvalue weighted by molar-refractivity contribution is 5.93. The molecule has 2 aromatic rings. The van der Waals surface area contributed by atoms with Crippen LogP contribution in [0, 0.1) is 5.82 Å². The molecule has 1 aromatic carbocycles. The van der Waals surface area contributed by atoms with Crippen molar-refractivity contribution in [2.75, 3.05) is 26.0 Å². The van der Waals surface area contributed by atoms with Crippen LogP contribution in [0.3, 0.4) is 0 Å². The number of nitrogens with zero attached hydrogens (tertiary/aromatic N) is 2. The third-order valence-electron chi connectivity index (χ3n) is 2.75. The van der Waals surface area contributed by atoms with Crippen molar-refractivity contribution in [2.45, 2.75) is 0 Å². The number of halogens is 1. The molecule has 0 unspecified atom stereocenters. The summed E-state index contributed by atoms with van der Waals surface area (Å²) in [6.45, 7) is -0.200. The summed E-state index contributed by atoms with van der Waals surface area (Å²) < 4.78 is 22.7. The van der Waals surface area contributed by atoms with Gasteiger partial charge in [-0.05, 0) is 12.1 Å². The van der Waals surface area contributed by atoms with Gasteiger partial charge in [-0.2, -0.15) is 0 Å². The van der Waals surface area contributed by atoms with Crippen LogP contribution in [0.2, 0.25) is 0 Å². The number of aromatic nitrogens is 1. The standard InChI is InChI=1S/C14H14FN3O4/c1-18(14(20)21-2)8-13(19)16-12-7-11(22-17-12)9-4-3-5-10(15)6-9/h3-7H,8H2,1-2H3,(H,16,17,19). The summed E-state index contributed by atoms with van der Waals surface area (Å²) in [5.41, 5.74) is 0.500. The lowest BCUT2D eigenvalue weighted by Gasteiger charge is -2.13. The zero-order chi connectivity index (χ0) is 16.1. The Morgan fingerprint density at radius 2 is 2.18 bits per heavy atom. The second kappa shape index (κ2) is 6.70. The largest absolute Gasteiger partial charge is 0.453 e. The predicted molar refractivity (Wildman–Crippen MR) is 75.6 cm³/mol. The van der Waals surface area contributed by atoms with Gasteiger partial charge in [-0.25, -0.2) is 9.18 Å². The maximum absolute atomic E-state index is 13.1. The molecule has 1 heterocycles. The molecule has 8 heteroatoms. The van der Waals surface area contributed by atoms with E-state index in [4.69, 9.17) is 4.52 Å². The van der Waals surface area contributed by atoms with Gasteiger partial charge in [-0.15, -0.1) is 0 Å². The molecule has 2 amide bonds. The van der Waals surface area contributed by atoms with Gasteiger partial charge >= 0.3 is 6.09 Å². The van der Waals surface area contributed by atoms with E-state index in [2.05, 4.69) is 15.2 Å². The Kier molecular flexibility index (Phi) is 4.72. The molecule has 1 aromatic heterocycles. The van der Waals surface area contributed by atoms with E-state index in [1.165, 1.54) is 38.4 Å². The van der Waals surface area contributed by atoms with E-state index in [9.17, 15) is 14.0 Å². The molecule has 0 spiro atoms. The van der Waals surface area contributed by atoms with Crippen LogP contribution >= 0.6 is 0 Å². The monoisotopic (exact) mass is 307 g/mol. The van der Waals surface area contributed by atoms with Crippen LogP contribution in [-0.2, 0) is 9.53 Å². The Morgan fingerprint density at radius 3 is 2.86 bits per heavy atom. The van der Waals surface area contributed by atoms with Crippen LogP contribution in [0.5, 0.6) is 0 Å². The lowest BCUT2D eigenvalue weighted by Crippen LogP contribution is -2.34. The number of hydrogen-bond donors (Lipinski definition) is 1. The summed E-state index contributed by atoms with van der Waals surface area (Å²) in [6, 6.07) is 7.25. The molecule has 0 fully saturated rings. The number of nitrogens with one attached hydrogen (secondary N) is 1. The Hall–Kier alpha value is -2.90. The van der Waals surface area contributed by atoms with Crippen molar-refractivity contribution in [1.82, 2.24) is 10.1 Å². The van der Waals surface area contributed by atoms with Gasteiger partial charge in [-0.1, -0.05) is 17.3 Å². The minimum Gasteiger partial charge on any atom is -0.453 e. The van der Waals surface area contributed by atoms with Crippen molar-refractivity contribution < 1.29 is 23.2 Å². The molecular formula is C14H14FN3O4. The Balaban J connectivity index is 2.00. The zero-order valence-corrected chi connectivity index (χ0v) is 12.0. The van der Waals surface area contributed by atoms with E-state index in [1.807, 2.05) is 0 Å². The van der Waals surface area contributed by atoms with Gasteiger partial charge in [-0.3, -0.25) is 4.79 Å². The van der Waals surface area contributed by atoms with Crippen LogP contribution in [0.1, 0.15) is 0 Å². The van der Waals surface area contributed by atoms with Crippen LogP contribution in [0.4, 0.5) is 15.0 Å². The average molecular weight is 307 g/mol. The predicted octanol–water partition coefficient (Wildman–Crippen LogP) is 2.12. The van der Waals surface area contributed by atoms with Gasteiger partial charge in [0.1, 0.15) is 12.4 Å². The van der Waals surface area contributed by atoms with Crippen molar-refractivity contribution in [2.24, 2.45) is 0 Å². The molecule has 0 saturated heterocycles. The Morgan fingerprint density at radius 1 is 1.41 bits per heavy atom. The summed E-state index contributed by atoms with van der Waals surface area (Å²) in [4.78, 5) is 24.0. The molecular weight excluding hydrogens is 293 g/mol. The number of likely N-dealkylation sites (N-methyl/N-ethyl adjacent to an activating group) is 1. The molecule has 7 nitrogen and oxygen atoms in total. The number of carbonyl (C=O) groups is 2. The zero-order valence-electron chi connectivity index (χ0n) is 12.0. The molecule has 0 aliphatic rings. The van der Waals surface area contributed by atoms with Gasteiger partial charge in [0.05, 0.1) is 7.11 Å². The summed E-state index contributed by atoms with van der Waals surface area (Å²) in [5.74, 6) is -0.384. The van der Waals surface area contributed by atoms with Crippen molar-refractivity contribution in [3.05, 3.63) is 36.1 Å². The van der Waals surface area contributed by atoms with Crippen LogP contribution in [-0.4, -0.2) is 42.8 Å². The fourth-order valence-electron chi connectivity index (χ4n) is 1.73. The van der Waals surface area contributed by atoms with E-state index < -0.39 is 17.8 Å². The number of hydrogen-bond acceptors (Lipinski definition) is 5. The van der Waals surface area contributed by atoms with Crippen LogP contribution in [0.15, 0.2) is 34.9 Å². The SMILES string of the molecule is COC(=O)N(C)CC(=O)Nc1cc(-c2cccc(F)c2)on1. The molecule has 2 rings (SSSR count). The van der Waals surface area contributed by atoms with E-state index in [1.54, 1.807) is 6.07 Å². The van der Waals surface area contributed by atoms with Gasteiger partial charge in [0.15, 0.2) is 11.6 Å². The van der Waals surface area contributed by atoms with Crippen LogP contribution < -0.4 is 5.32 Å². The second-order valence-electron chi connectivity index (χ2n) is 4.46. The summed E-state index contributed by atoms with van der Waals surface area (Å²) in [6.07, 6.45) is -0.629. The first kappa shape index (κ1) is 15.5. The van der Waals surface area contributed by atoms with Crippen molar-refractivity contribution in [3.8, 4) is 11.3 Å². The highest BCUT2D eigenvalue weighted by Crippen LogP contribution is 2.22.